The van der Waals surface area contributed by atoms with Crippen LogP contribution in [0.3, 0.4) is 0 Å². The Kier molecular flexibility index (Phi) is 6.14. The number of rotatable bonds is 5. The molecule has 154 valence electrons. The van der Waals surface area contributed by atoms with Gasteiger partial charge in [0.25, 0.3) is 5.91 Å². The van der Waals surface area contributed by atoms with Crippen LogP contribution in [0.2, 0.25) is 0 Å². The van der Waals surface area contributed by atoms with E-state index in [9.17, 15) is 9.59 Å². The minimum absolute atomic E-state index is 0.0162. The lowest BCUT2D eigenvalue weighted by Gasteiger charge is -2.32. The summed E-state index contributed by atoms with van der Waals surface area (Å²) in [5.74, 6) is 0.763. The van der Waals surface area contributed by atoms with E-state index in [4.69, 9.17) is 4.74 Å². The van der Waals surface area contributed by atoms with Gasteiger partial charge in [-0.3, -0.25) is 9.59 Å². The zero-order valence-corrected chi connectivity index (χ0v) is 17.7. The van der Waals surface area contributed by atoms with Crippen molar-refractivity contribution in [3.63, 3.8) is 0 Å². The molecule has 0 bridgehead atoms. The van der Waals surface area contributed by atoms with Gasteiger partial charge in [-0.05, 0) is 53.4 Å². The fourth-order valence-electron chi connectivity index (χ4n) is 3.62. The summed E-state index contributed by atoms with van der Waals surface area (Å²) < 4.78 is 6.21. The first-order valence-electron chi connectivity index (χ1n) is 10.1. The number of amides is 2. The zero-order chi connectivity index (χ0) is 20.9. The van der Waals surface area contributed by atoms with Gasteiger partial charge in [-0.2, -0.15) is 0 Å². The van der Waals surface area contributed by atoms with Gasteiger partial charge >= 0.3 is 0 Å². The number of carbonyl (C=O) groups excluding carboxylic acids is 2. The van der Waals surface area contributed by atoms with Crippen molar-refractivity contribution >= 4 is 28.8 Å². The van der Waals surface area contributed by atoms with Crippen LogP contribution in [0.4, 0.5) is 5.69 Å². The molecule has 3 aromatic rings. The van der Waals surface area contributed by atoms with Crippen molar-refractivity contribution in [3.05, 3.63) is 71.6 Å². The SMILES string of the molecule is CC(=O)Nc1ccc(C(=O)N2CCC(Oc3cccc(-c4cccs4)c3)CC2)cc1. The molecule has 5 nitrogen and oxygen atoms in total. The van der Waals surface area contributed by atoms with Crippen molar-refractivity contribution in [2.24, 2.45) is 0 Å². The van der Waals surface area contributed by atoms with Gasteiger partial charge in [0.15, 0.2) is 0 Å². The van der Waals surface area contributed by atoms with Crippen LogP contribution in [0, 0.1) is 0 Å². The molecule has 6 heteroatoms. The number of likely N-dealkylation sites (tertiary alicyclic amines) is 1. The standard InChI is InChI=1S/C24H24N2O3S/c1-17(27)25-20-9-7-18(8-10-20)24(28)26-13-11-21(12-14-26)29-22-5-2-4-19(16-22)23-6-3-15-30-23/h2-10,15-16,21H,11-14H2,1H3,(H,25,27). The van der Waals surface area contributed by atoms with Gasteiger partial charge in [0, 0.05) is 49.0 Å². The molecule has 30 heavy (non-hydrogen) atoms. The molecule has 1 aromatic heterocycles. The van der Waals surface area contributed by atoms with Crippen molar-refractivity contribution in [1.82, 2.24) is 4.90 Å². The fraction of sp³-hybridized carbons (Fsp3) is 0.250. The maximum Gasteiger partial charge on any atom is 0.253 e. The molecule has 0 atom stereocenters. The molecule has 1 saturated heterocycles. The predicted octanol–water partition coefficient (Wildman–Crippen LogP) is 5.06. The van der Waals surface area contributed by atoms with Crippen LogP contribution in [0.25, 0.3) is 10.4 Å². The average molecular weight is 421 g/mol. The first kappa shape index (κ1) is 20.2. The summed E-state index contributed by atoms with van der Waals surface area (Å²) >= 11 is 1.72. The molecule has 0 unspecified atom stereocenters. The molecule has 2 heterocycles. The molecule has 0 saturated carbocycles. The van der Waals surface area contributed by atoms with Gasteiger partial charge in [-0.1, -0.05) is 18.2 Å². The molecule has 4 rings (SSSR count). The number of anilines is 1. The molecule has 2 amide bonds. The number of piperidine rings is 1. The highest BCUT2D eigenvalue weighted by atomic mass is 32.1. The number of benzene rings is 2. The number of carbonyl (C=O) groups is 2. The van der Waals surface area contributed by atoms with Crippen LogP contribution in [0.5, 0.6) is 5.75 Å². The van der Waals surface area contributed by atoms with Gasteiger partial charge in [0.05, 0.1) is 0 Å². The van der Waals surface area contributed by atoms with Crippen molar-refractivity contribution in [2.45, 2.75) is 25.9 Å². The molecule has 1 aliphatic rings. The Morgan fingerprint density at radius 1 is 1.03 bits per heavy atom. The molecular weight excluding hydrogens is 396 g/mol. The third-order valence-electron chi connectivity index (χ3n) is 5.12. The Bertz CT molecular complexity index is 1010. The zero-order valence-electron chi connectivity index (χ0n) is 16.8. The summed E-state index contributed by atoms with van der Waals surface area (Å²) in [6, 6.07) is 19.4. The molecule has 0 aliphatic carbocycles. The van der Waals surface area contributed by atoms with Crippen LogP contribution in [0.15, 0.2) is 66.0 Å². The molecule has 1 aliphatic heterocycles. The van der Waals surface area contributed by atoms with Crippen LogP contribution < -0.4 is 10.1 Å². The van der Waals surface area contributed by atoms with Crippen molar-refractivity contribution < 1.29 is 14.3 Å². The van der Waals surface area contributed by atoms with Gasteiger partial charge < -0.3 is 15.0 Å². The third-order valence-corrected chi connectivity index (χ3v) is 6.04. The lowest BCUT2D eigenvalue weighted by molar-refractivity contribution is -0.114. The minimum atomic E-state index is -0.128. The number of hydrogen-bond acceptors (Lipinski definition) is 4. The smallest absolute Gasteiger partial charge is 0.253 e. The van der Waals surface area contributed by atoms with Gasteiger partial charge in [0.1, 0.15) is 11.9 Å². The number of thiophene rings is 1. The van der Waals surface area contributed by atoms with Crippen molar-refractivity contribution in [2.75, 3.05) is 18.4 Å². The first-order chi connectivity index (χ1) is 14.6. The van der Waals surface area contributed by atoms with E-state index in [-0.39, 0.29) is 17.9 Å². The summed E-state index contributed by atoms with van der Waals surface area (Å²) in [7, 11) is 0. The third kappa shape index (κ3) is 4.89. The summed E-state index contributed by atoms with van der Waals surface area (Å²) in [5, 5.41) is 4.78. The number of hydrogen-bond donors (Lipinski definition) is 1. The topological polar surface area (TPSA) is 58.6 Å². The number of nitrogens with one attached hydrogen (secondary N) is 1. The van der Waals surface area contributed by atoms with E-state index in [0.717, 1.165) is 24.2 Å². The Morgan fingerprint density at radius 2 is 1.80 bits per heavy atom. The van der Waals surface area contributed by atoms with E-state index >= 15 is 0 Å². The van der Waals surface area contributed by atoms with Crippen LogP contribution >= 0.6 is 11.3 Å². The minimum Gasteiger partial charge on any atom is -0.490 e. The second-order valence-corrected chi connectivity index (χ2v) is 8.32. The van der Waals surface area contributed by atoms with E-state index in [1.807, 2.05) is 23.1 Å². The van der Waals surface area contributed by atoms with E-state index < -0.39 is 0 Å². The largest absolute Gasteiger partial charge is 0.490 e. The van der Waals surface area contributed by atoms with E-state index in [2.05, 4.69) is 28.9 Å². The molecular formula is C24H24N2O3S. The first-order valence-corrected chi connectivity index (χ1v) is 10.9. The lowest BCUT2D eigenvalue weighted by Crippen LogP contribution is -2.41. The Balaban J connectivity index is 1.32. The highest BCUT2D eigenvalue weighted by molar-refractivity contribution is 7.13. The van der Waals surface area contributed by atoms with Gasteiger partial charge in [-0.15, -0.1) is 11.3 Å². The lowest BCUT2D eigenvalue weighted by atomic mass is 10.1. The van der Waals surface area contributed by atoms with E-state index in [0.29, 0.717) is 24.3 Å². The van der Waals surface area contributed by atoms with E-state index in [1.165, 1.54) is 11.8 Å². The normalized spacial score (nSPS) is 14.4. The molecule has 1 N–H and O–H groups in total. The van der Waals surface area contributed by atoms with Gasteiger partial charge in [0.2, 0.25) is 5.91 Å². The summed E-state index contributed by atoms with van der Waals surface area (Å²) in [6.07, 6.45) is 1.72. The van der Waals surface area contributed by atoms with Crippen molar-refractivity contribution in [3.8, 4) is 16.2 Å². The Hall–Kier alpha value is -3.12. The Labute approximate surface area is 180 Å². The molecule has 0 radical (unpaired) electrons. The highest BCUT2D eigenvalue weighted by Gasteiger charge is 2.24. The Morgan fingerprint density at radius 3 is 2.47 bits per heavy atom. The monoisotopic (exact) mass is 420 g/mol. The summed E-state index contributed by atoms with van der Waals surface area (Å²) in [4.78, 5) is 27.0. The summed E-state index contributed by atoms with van der Waals surface area (Å²) in [6.45, 7) is 2.80. The second kappa shape index (κ2) is 9.13. The van der Waals surface area contributed by atoms with E-state index in [1.54, 1.807) is 35.6 Å². The molecule has 2 aromatic carbocycles. The second-order valence-electron chi connectivity index (χ2n) is 7.37. The maximum atomic E-state index is 12.8. The molecule has 1 fully saturated rings. The quantitative estimate of drug-likeness (QED) is 0.628. The summed E-state index contributed by atoms with van der Waals surface area (Å²) in [5.41, 5.74) is 2.49. The predicted molar refractivity (Wildman–Crippen MR) is 120 cm³/mol. The van der Waals surface area contributed by atoms with Crippen molar-refractivity contribution in [1.29, 1.82) is 0 Å². The van der Waals surface area contributed by atoms with Crippen LogP contribution in [-0.2, 0) is 4.79 Å². The maximum absolute atomic E-state index is 12.8. The number of nitrogens with zero attached hydrogens (tertiary/aromatic N) is 1. The molecule has 0 spiro atoms. The highest BCUT2D eigenvalue weighted by Crippen LogP contribution is 2.29. The van der Waals surface area contributed by atoms with Crippen LogP contribution in [0.1, 0.15) is 30.1 Å². The average Bonchev–Trinajstić information content (AvgIpc) is 3.29. The number of ether oxygens (including phenoxy) is 1. The van der Waals surface area contributed by atoms with Gasteiger partial charge in [-0.25, -0.2) is 0 Å². The fourth-order valence-corrected chi connectivity index (χ4v) is 4.34. The van der Waals surface area contributed by atoms with Crippen LogP contribution in [-0.4, -0.2) is 35.9 Å².